The summed E-state index contributed by atoms with van der Waals surface area (Å²) in [6.45, 7) is 0. The molecule has 11 heteroatoms. The molecule has 2 aromatic heterocycles. The van der Waals surface area contributed by atoms with E-state index in [0.29, 0.717) is 24.2 Å². The van der Waals surface area contributed by atoms with Crippen LogP contribution in [0.5, 0.6) is 0 Å². The third kappa shape index (κ3) is 3.41. The highest BCUT2D eigenvalue weighted by molar-refractivity contribution is 5.98. The molecule has 2 aliphatic rings. The summed E-state index contributed by atoms with van der Waals surface area (Å²) in [6, 6.07) is 5.27. The lowest BCUT2D eigenvalue weighted by Gasteiger charge is -2.45. The van der Waals surface area contributed by atoms with E-state index in [2.05, 4.69) is 15.2 Å². The van der Waals surface area contributed by atoms with Crippen LogP contribution in [0.1, 0.15) is 46.9 Å². The third-order valence-electron chi connectivity index (χ3n) is 7.02. The average molecular weight is 496 g/mol. The zero-order chi connectivity index (χ0) is 25.1. The number of carbonyl (C=O) groups excluding carboxylic acids is 1. The molecule has 0 spiro atoms. The maximum absolute atomic E-state index is 14.1. The highest BCUT2D eigenvalue weighted by Crippen LogP contribution is 2.45. The van der Waals surface area contributed by atoms with E-state index in [1.807, 2.05) is 0 Å². The van der Waals surface area contributed by atoms with Crippen molar-refractivity contribution < 1.29 is 22.4 Å². The Morgan fingerprint density at radius 2 is 1.83 bits per heavy atom. The van der Waals surface area contributed by atoms with Gasteiger partial charge >= 0.3 is 0 Å². The van der Waals surface area contributed by atoms with Crippen molar-refractivity contribution in [2.45, 2.75) is 37.8 Å². The summed E-state index contributed by atoms with van der Waals surface area (Å²) in [5.41, 5.74) is 2.68. The van der Waals surface area contributed by atoms with Gasteiger partial charge in [0.15, 0.2) is 17.5 Å². The lowest BCUT2D eigenvalue weighted by atomic mass is 9.81. The van der Waals surface area contributed by atoms with Gasteiger partial charge in [0.2, 0.25) is 0 Å². The Hall–Kier alpha value is -4.02. The van der Waals surface area contributed by atoms with E-state index in [1.54, 1.807) is 11.9 Å². The Balaban J connectivity index is 1.44. The standard InChI is InChI=1S/C25H20F4N6O/c1-33-24(13-7-18(27)22(29)19(28)8-13)17-10-15-3-2-4-20(23(17)32-33)35(15)25(36)16-6-5-14(26)9-21(16)34-12-30-11-31-34/h5-9,11-12,15,20H,2-4,10H2,1H3/t15-,20+/m1/s1. The second kappa shape index (κ2) is 8.28. The summed E-state index contributed by atoms with van der Waals surface area (Å²) in [4.78, 5) is 19.6. The number of benzene rings is 2. The number of hydrogen-bond donors (Lipinski definition) is 0. The molecule has 36 heavy (non-hydrogen) atoms. The molecule has 4 heterocycles. The molecule has 6 rings (SSSR count). The Morgan fingerprint density at radius 3 is 2.56 bits per heavy atom. The van der Waals surface area contributed by atoms with Crippen LogP contribution >= 0.6 is 0 Å². The van der Waals surface area contributed by atoms with Crippen LogP contribution in [0, 0.1) is 23.3 Å². The molecule has 1 fully saturated rings. The SMILES string of the molecule is Cn1nc2c(c1-c1cc(F)c(F)c(F)c1)C[C@H]1CCC[C@@H]2N1C(=O)c1ccc(F)cc1-n1cncn1. The van der Waals surface area contributed by atoms with Gasteiger partial charge in [-0.2, -0.15) is 10.2 Å². The van der Waals surface area contributed by atoms with Gasteiger partial charge in [0, 0.05) is 30.3 Å². The van der Waals surface area contributed by atoms with Crippen LogP contribution in [0.3, 0.4) is 0 Å². The molecule has 184 valence electrons. The van der Waals surface area contributed by atoms with Gasteiger partial charge in [-0.05, 0) is 49.9 Å². The van der Waals surface area contributed by atoms with Gasteiger partial charge in [0.25, 0.3) is 5.91 Å². The van der Waals surface area contributed by atoms with Gasteiger partial charge in [-0.1, -0.05) is 0 Å². The topological polar surface area (TPSA) is 68.8 Å². The molecule has 2 atom stereocenters. The van der Waals surface area contributed by atoms with Gasteiger partial charge in [-0.3, -0.25) is 9.48 Å². The molecule has 0 aliphatic carbocycles. The van der Waals surface area contributed by atoms with E-state index in [0.717, 1.165) is 30.5 Å². The minimum absolute atomic E-state index is 0.188. The predicted octanol–water partition coefficient (Wildman–Crippen LogP) is 4.52. The second-order valence-electron chi connectivity index (χ2n) is 9.11. The minimum Gasteiger partial charge on any atom is -0.327 e. The highest BCUT2D eigenvalue weighted by Gasteiger charge is 2.44. The van der Waals surface area contributed by atoms with Crippen molar-refractivity contribution in [2.75, 3.05) is 0 Å². The van der Waals surface area contributed by atoms with Crippen LogP contribution in [0.25, 0.3) is 16.9 Å². The summed E-state index contributed by atoms with van der Waals surface area (Å²) in [7, 11) is 1.66. The second-order valence-corrected chi connectivity index (χ2v) is 9.11. The molecule has 0 radical (unpaired) electrons. The average Bonchev–Trinajstić information content (AvgIpc) is 3.49. The number of aryl methyl sites for hydroxylation is 1. The summed E-state index contributed by atoms with van der Waals surface area (Å²) < 4.78 is 58.6. The molecule has 0 unspecified atom stereocenters. The number of rotatable bonds is 3. The lowest BCUT2D eigenvalue weighted by molar-refractivity contribution is 0.0391. The summed E-state index contributed by atoms with van der Waals surface area (Å²) in [5, 5.41) is 8.70. The quantitative estimate of drug-likeness (QED) is 0.309. The van der Waals surface area contributed by atoms with E-state index >= 15 is 0 Å². The van der Waals surface area contributed by atoms with Crippen LogP contribution < -0.4 is 0 Å². The first-order valence-electron chi connectivity index (χ1n) is 11.5. The number of nitrogens with zero attached hydrogens (tertiary/aromatic N) is 6. The smallest absolute Gasteiger partial charge is 0.256 e. The number of halogens is 4. The molecule has 0 saturated carbocycles. The van der Waals surface area contributed by atoms with Crippen molar-refractivity contribution in [2.24, 2.45) is 7.05 Å². The van der Waals surface area contributed by atoms with Crippen LogP contribution in [-0.4, -0.2) is 41.4 Å². The maximum atomic E-state index is 14.1. The number of aromatic nitrogens is 5. The molecule has 2 aliphatic heterocycles. The first-order valence-corrected chi connectivity index (χ1v) is 11.5. The number of carbonyl (C=O) groups is 1. The normalized spacial score (nSPS) is 18.9. The zero-order valence-electron chi connectivity index (χ0n) is 19.1. The van der Waals surface area contributed by atoms with Gasteiger partial charge in [-0.15, -0.1) is 0 Å². The number of piperidine rings is 1. The van der Waals surface area contributed by atoms with Crippen molar-refractivity contribution in [1.29, 1.82) is 0 Å². The largest absolute Gasteiger partial charge is 0.327 e. The van der Waals surface area contributed by atoms with Crippen LogP contribution in [-0.2, 0) is 13.5 Å². The van der Waals surface area contributed by atoms with Gasteiger partial charge in [0.05, 0.1) is 28.7 Å². The molecule has 1 amide bonds. The van der Waals surface area contributed by atoms with Crippen molar-refractivity contribution in [1.82, 2.24) is 29.4 Å². The Labute approximate surface area is 203 Å². The Morgan fingerprint density at radius 1 is 1.06 bits per heavy atom. The van der Waals surface area contributed by atoms with Crippen molar-refractivity contribution >= 4 is 5.91 Å². The Kier molecular flexibility index (Phi) is 5.16. The van der Waals surface area contributed by atoms with Crippen LogP contribution in [0.4, 0.5) is 17.6 Å². The monoisotopic (exact) mass is 496 g/mol. The van der Waals surface area contributed by atoms with Crippen molar-refractivity contribution in [3.8, 4) is 16.9 Å². The highest BCUT2D eigenvalue weighted by atomic mass is 19.2. The van der Waals surface area contributed by atoms with E-state index in [-0.39, 0.29) is 34.8 Å². The fourth-order valence-corrected chi connectivity index (χ4v) is 5.55. The molecule has 2 bridgehead atoms. The lowest BCUT2D eigenvalue weighted by Crippen LogP contribution is -2.50. The first kappa shape index (κ1) is 22.4. The number of fused-ring (bicyclic) bond motifs is 4. The van der Waals surface area contributed by atoms with Gasteiger partial charge in [0.1, 0.15) is 18.5 Å². The summed E-state index contributed by atoms with van der Waals surface area (Å²) in [5.74, 6) is -4.86. The molecule has 0 N–H and O–H groups in total. The predicted molar refractivity (Wildman–Crippen MR) is 120 cm³/mol. The van der Waals surface area contributed by atoms with E-state index < -0.39 is 23.3 Å². The summed E-state index contributed by atoms with van der Waals surface area (Å²) >= 11 is 0. The van der Waals surface area contributed by atoms with Crippen molar-refractivity contribution in [3.63, 3.8) is 0 Å². The molecule has 2 aromatic carbocycles. The molecular formula is C25H20F4N6O. The first-order chi connectivity index (χ1) is 17.3. The zero-order valence-corrected chi connectivity index (χ0v) is 19.1. The van der Waals surface area contributed by atoms with Crippen LogP contribution in [0.15, 0.2) is 43.0 Å². The maximum Gasteiger partial charge on any atom is 0.256 e. The van der Waals surface area contributed by atoms with E-state index in [9.17, 15) is 22.4 Å². The van der Waals surface area contributed by atoms with Gasteiger partial charge < -0.3 is 4.90 Å². The molecule has 7 nitrogen and oxygen atoms in total. The Bertz CT molecular complexity index is 1480. The fraction of sp³-hybridized carbons (Fsp3) is 0.280. The summed E-state index contributed by atoms with van der Waals surface area (Å²) in [6.07, 6.45) is 5.37. The minimum atomic E-state index is -1.52. The molecular weight excluding hydrogens is 476 g/mol. The van der Waals surface area contributed by atoms with Crippen molar-refractivity contribution in [3.05, 3.63) is 83.1 Å². The third-order valence-corrected chi connectivity index (χ3v) is 7.02. The van der Waals surface area contributed by atoms with E-state index in [1.165, 1.54) is 40.2 Å². The molecule has 4 aromatic rings. The number of amides is 1. The number of hydrogen-bond acceptors (Lipinski definition) is 4. The molecule has 1 saturated heterocycles. The fourth-order valence-electron chi connectivity index (χ4n) is 5.55. The van der Waals surface area contributed by atoms with Gasteiger partial charge in [-0.25, -0.2) is 27.2 Å². The van der Waals surface area contributed by atoms with Crippen LogP contribution in [0.2, 0.25) is 0 Å². The van der Waals surface area contributed by atoms with E-state index in [4.69, 9.17) is 0 Å².